The van der Waals surface area contributed by atoms with E-state index in [0.29, 0.717) is 5.02 Å². The van der Waals surface area contributed by atoms with Crippen LogP contribution in [0.5, 0.6) is 5.75 Å². The number of phenolic OH excluding ortho intramolecular Hbond substituents is 1. The van der Waals surface area contributed by atoms with Gasteiger partial charge in [-0.15, -0.1) is 0 Å². The highest BCUT2D eigenvalue weighted by Gasteiger charge is 2.25. The topological polar surface area (TPSA) is 26.7 Å². The number of benzene rings is 3. The molecule has 3 aromatic rings. The van der Waals surface area contributed by atoms with Gasteiger partial charge >= 0.3 is 0 Å². The van der Waals surface area contributed by atoms with Crippen LogP contribution in [0, 0.1) is 0 Å². The molecule has 3 nitrogen and oxygen atoms in total. The van der Waals surface area contributed by atoms with Gasteiger partial charge in [-0.2, -0.15) is 0 Å². The van der Waals surface area contributed by atoms with Gasteiger partial charge in [-0.25, -0.2) is 0 Å². The smallest absolute Gasteiger partial charge is 0.134 e. The standard InChI is InChI=1S/C26H29ClN2O/c1-28(2)22-10-8-19(9-11-22)12-14-29-15-13-21-16-25(27)26(30)17-23(21)24(18-29)20-6-4-3-5-7-20/h3-11,16-17,24,30H,12-15,18H2,1-2H3/t24-/m1/s1. The summed E-state index contributed by atoms with van der Waals surface area (Å²) >= 11 is 6.24. The van der Waals surface area contributed by atoms with E-state index in [0.717, 1.165) is 32.5 Å². The van der Waals surface area contributed by atoms with Crippen molar-refractivity contribution in [2.24, 2.45) is 0 Å². The molecule has 30 heavy (non-hydrogen) atoms. The van der Waals surface area contributed by atoms with Gasteiger partial charge in [-0.05, 0) is 59.4 Å². The minimum Gasteiger partial charge on any atom is -0.506 e. The van der Waals surface area contributed by atoms with Gasteiger partial charge in [0, 0.05) is 45.3 Å². The van der Waals surface area contributed by atoms with Crippen LogP contribution >= 0.6 is 11.6 Å². The largest absolute Gasteiger partial charge is 0.506 e. The van der Waals surface area contributed by atoms with Crippen molar-refractivity contribution in [2.45, 2.75) is 18.8 Å². The van der Waals surface area contributed by atoms with Crippen LogP contribution in [0.25, 0.3) is 0 Å². The van der Waals surface area contributed by atoms with Gasteiger partial charge in [0.25, 0.3) is 0 Å². The number of halogens is 1. The van der Waals surface area contributed by atoms with Crippen LogP contribution in [0.3, 0.4) is 0 Å². The maximum atomic E-state index is 10.3. The molecule has 0 amide bonds. The third-order valence-corrected chi connectivity index (χ3v) is 6.40. The molecule has 0 bridgehead atoms. The number of aromatic hydroxyl groups is 1. The highest BCUT2D eigenvalue weighted by molar-refractivity contribution is 6.32. The van der Waals surface area contributed by atoms with E-state index < -0.39 is 0 Å². The molecule has 156 valence electrons. The summed E-state index contributed by atoms with van der Waals surface area (Å²) in [4.78, 5) is 4.67. The molecule has 3 aromatic carbocycles. The van der Waals surface area contributed by atoms with Crippen molar-refractivity contribution in [3.63, 3.8) is 0 Å². The molecule has 1 aliphatic rings. The fourth-order valence-electron chi connectivity index (χ4n) is 4.31. The van der Waals surface area contributed by atoms with Crippen molar-refractivity contribution >= 4 is 17.3 Å². The van der Waals surface area contributed by atoms with Gasteiger partial charge < -0.3 is 14.9 Å². The first-order valence-electron chi connectivity index (χ1n) is 10.6. The third-order valence-electron chi connectivity index (χ3n) is 6.09. The molecule has 1 heterocycles. The van der Waals surface area contributed by atoms with E-state index in [2.05, 4.69) is 78.5 Å². The first-order valence-corrected chi connectivity index (χ1v) is 10.9. The Hall–Kier alpha value is -2.49. The fourth-order valence-corrected chi connectivity index (χ4v) is 4.49. The number of phenols is 1. The lowest BCUT2D eigenvalue weighted by Gasteiger charge is -2.25. The van der Waals surface area contributed by atoms with Crippen molar-refractivity contribution < 1.29 is 5.11 Å². The second kappa shape index (κ2) is 9.11. The van der Waals surface area contributed by atoms with Crippen LogP contribution in [0.1, 0.15) is 28.2 Å². The Kier molecular flexibility index (Phi) is 6.31. The molecule has 1 N–H and O–H groups in total. The average Bonchev–Trinajstić information content (AvgIpc) is 2.93. The molecular formula is C26H29ClN2O. The van der Waals surface area contributed by atoms with E-state index in [-0.39, 0.29) is 11.7 Å². The number of hydrogen-bond acceptors (Lipinski definition) is 3. The van der Waals surface area contributed by atoms with Crippen LogP contribution in [0.15, 0.2) is 66.7 Å². The molecule has 4 rings (SSSR count). The van der Waals surface area contributed by atoms with Gasteiger partial charge in [0.2, 0.25) is 0 Å². The Balaban J connectivity index is 1.55. The summed E-state index contributed by atoms with van der Waals surface area (Å²) in [7, 11) is 4.13. The average molecular weight is 421 g/mol. The van der Waals surface area contributed by atoms with Crippen LogP contribution in [0.2, 0.25) is 5.02 Å². The van der Waals surface area contributed by atoms with E-state index in [1.165, 1.54) is 27.9 Å². The lowest BCUT2D eigenvalue weighted by Crippen LogP contribution is -2.30. The number of fused-ring (bicyclic) bond motifs is 1. The maximum Gasteiger partial charge on any atom is 0.134 e. The number of rotatable bonds is 5. The highest BCUT2D eigenvalue weighted by Crippen LogP contribution is 2.37. The van der Waals surface area contributed by atoms with E-state index in [9.17, 15) is 5.11 Å². The molecule has 4 heteroatoms. The molecule has 0 saturated heterocycles. The Morgan fingerprint density at radius 1 is 1.03 bits per heavy atom. The molecular weight excluding hydrogens is 392 g/mol. The molecule has 0 saturated carbocycles. The summed E-state index contributed by atoms with van der Waals surface area (Å²) < 4.78 is 0. The zero-order chi connectivity index (χ0) is 21.1. The zero-order valence-corrected chi connectivity index (χ0v) is 18.4. The Bertz CT molecular complexity index is 986. The quantitative estimate of drug-likeness (QED) is 0.603. The molecule has 0 radical (unpaired) electrons. The fraction of sp³-hybridized carbons (Fsp3) is 0.308. The Morgan fingerprint density at radius 2 is 1.77 bits per heavy atom. The van der Waals surface area contributed by atoms with E-state index in [4.69, 9.17) is 11.6 Å². The predicted octanol–water partition coefficient (Wildman–Crippen LogP) is 5.34. The number of anilines is 1. The second-order valence-corrected chi connectivity index (χ2v) is 8.73. The van der Waals surface area contributed by atoms with Gasteiger partial charge in [0.1, 0.15) is 5.75 Å². The van der Waals surface area contributed by atoms with Gasteiger partial charge in [-0.3, -0.25) is 0 Å². The Labute approximate surface area is 184 Å². The number of hydrogen-bond donors (Lipinski definition) is 1. The molecule has 0 fully saturated rings. The summed E-state index contributed by atoms with van der Waals surface area (Å²) in [6, 6.07) is 23.3. The van der Waals surface area contributed by atoms with Crippen LogP contribution in [-0.4, -0.2) is 43.7 Å². The molecule has 1 atom stereocenters. The van der Waals surface area contributed by atoms with Crippen molar-refractivity contribution in [2.75, 3.05) is 38.6 Å². The van der Waals surface area contributed by atoms with E-state index in [1.54, 1.807) is 0 Å². The highest BCUT2D eigenvalue weighted by atomic mass is 35.5. The first-order chi connectivity index (χ1) is 14.5. The number of nitrogens with zero attached hydrogens (tertiary/aromatic N) is 2. The summed E-state index contributed by atoms with van der Waals surface area (Å²) in [6.07, 6.45) is 1.97. The molecule has 0 unspecified atom stereocenters. The van der Waals surface area contributed by atoms with Crippen LogP contribution < -0.4 is 4.90 Å². The normalized spacial score (nSPS) is 16.7. The van der Waals surface area contributed by atoms with Crippen LogP contribution in [0.4, 0.5) is 5.69 Å². The summed E-state index contributed by atoms with van der Waals surface area (Å²) in [6.45, 7) is 2.94. The summed E-state index contributed by atoms with van der Waals surface area (Å²) in [5.41, 5.74) is 6.30. The minimum atomic E-state index is 0.172. The molecule has 0 spiro atoms. The van der Waals surface area contributed by atoms with Crippen molar-refractivity contribution in [1.82, 2.24) is 4.90 Å². The van der Waals surface area contributed by atoms with Crippen molar-refractivity contribution in [1.29, 1.82) is 0 Å². The Morgan fingerprint density at radius 3 is 2.47 bits per heavy atom. The molecule has 0 aliphatic carbocycles. The van der Waals surface area contributed by atoms with Gasteiger partial charge in [0.15, 0.2) is 0 Å². The SMILES string of the molecule is CN(C)c1ccc(CCN2CCc3cc(Cl)c(O)cc3[C@@H](c3ccccc3)C2)cc1. The summed E-state index contributed by atoms with van der Waals surface area (Å²) in [5, 5.41) is 10.7. The lowest BCUT2D eigenvalue weighted by molar-refractivity contribution is 0.280. The third kappa shape index (κ3) is 4.63. The van der Waals surface area contributed by atoms with Crippen molar-refractivity contribution in [3.05, 3.63) is 94.0 Å². The molecule has 1 aliphatic heterocycles. The van der Waals surface area contributed by atoms with Gasteiger partial charge in [0.05, 0.1) is 5.02 Å². The minimum absolute atomic E-state index is 0.172. The van der Waals surface area contributed by atoms with Gasteiger partial charge in [-0.1, -0.05) is 54.1 Å². The monoisotopic (exact) mass is 420 g/mol. The predicted molar refractivity (Wildman–Crippen MR) is 126 cm³/mol. The maximum absolute atomic E-state index is 10.3. The van der Waals surface area contributed by atoms with E-state index in [1.807, 2.05) is 12.1 Å². The van der Waals surface area contributed by atoms with E-state index >= 15 is 0 Å². The second-order valence-electron chi connectivity index (χ2n) is 8.33. The van der Waals surface area contributed by atoms with Crippen molar-refractivity contribution in [3.8, 4) is 5.75 Å². The van der Waals surface area contributed by atoms with Crippen LogP contribution in [-0.2, 0) is 12.8 Å². The lowest BCUT2D eigenvalue weighted by atomic mass is 9.88. The summed E-state index contributed by atoms with van der Waals surface area (Å²) in [5.74, 6) is 0.397. The first kappa shape index (κ1) is 20.8. The zero-order valence-electron chi connectivity index (χ0n) is 17.7. The molecule has 0 aromatic heterocycles.